The van der Waals surface area contributed by atoms with Gasteiger partial charge in [-0.1, -0.05) is 15.9 Å². The summed E-state index contributed by atoms with van der Waals surface area (Å²) in [6.07, 6.45) is 0. The summed E-state index contributed by atoms with van der Waals surface area (Å²) in [5.74, 6) is 0.269. The van der Waals surface area contributed by atoms with Crippen LogP contribution in [0.2, 0.25) is 0 Å². The predicted octanol–water partition coefficient (Wildman–Crippen LogP) is 2.48. The molecule has 0 spiro atoms. The van der Waals surface area contributed by atoms with Crippen molar-refractivity contribution in [1.29, 1.82) is 0 Å². The third-order valence-electron chi connectivity index (χ3n) is 2.34. The van der Waals surface area contributed by atoms with Gasteiger partial charge in [-0.05, 0) is 36.8 Å². The SMILES string of the molecule is Cc1cc(NC(=O)Nc2ccc(=O)[nH]n2)ccc1Br. The molecule has 0 aliphatic carbocycles. The lowest BCUT2D eigenvalue weighted by Gasteiger charge is -2.07. The van der Waals surface area contributed by atoms with Crippen LogP contribution in [0.4, 0.5) is 16.3 Å². The van der Waals surface area contributed by atoms with Gasteiger partial charge in [-0.3, -0.25) is 10.1 Å². The summed E-state index contributed by atoms with van der Waals surface area (Å²) in [5, 5.41) is 11.1. The Morgan fingerprint density at radius 3 is 2.68 bits per heavy atom. The van der Waals surface area contributed by atoms with E-state index >= 15 is 0 Å². The molecular weight excluding hydrogens is 312 g/mol. The summed E-state index contributed by atoms with van der Waals surface area (Å²) in [7, 11) is 0. The van der Waals surface area contributed by atoms with Gasteiger partial charge in [0, 0.05) is 16.2 Å². The summed E-state index contributed by atoms with van der Waals surface area (Å²) in [6.45, 7) is 1.93. The molecule has 0 atom stereocenters. The zero-order valence-electron chi connectivity index (χ0n) is 10.0. The average Bonchev–Trinajstić information content (AvgIpc) is 2.37. The number of aromatic nitrogens is 2. The van der Waals surface area contributed by atoms with Crippen molar-refractivity contribution in [2.75, 3.05) is 10.6 Å². The van der Waals surface area contributed by atoms with Crippen molar-refractivity contribution >= 4 is 33.5 Å². The molecule has 0 saturated carbocycles. The summed E-state index contributed by atoms with van der Waals surface area (Å²) < 4.78 is 0.973. The first-order valence-electron chi connectivity index (χ1n) is 5.44. The molecule has 2 amide bonds. The summed E-state index contributed by atoms with van der Waals surface area (Å²) in [4.78, 5) is 22.5. The number of nitrogens with one attached hydrogen (secondary N) is 3. The van der Waals surface area contributed by atoms with Gasteiger partial charge in [-0.15, -0.1) is 0 Å². The van der Waals surface area contributed by atoms with E-state index in [2.05, 4.69) is 36.8 Å². The van der Waals surface area contributed by atoms with Crippen LogP contribution in [0.1, 0.15) is 5.56 Å². The van der Waals surface area contributed by atoms with Crippen LogP contribution in [-0.4, -0.2) is 16.2 Å². The molecule has 19 heavy (non-hydrogen) atoms. The van der Waals surface area contributed by atoms with Gasteiger partial charge in [0.15, 0.2) is 5.82 Å². The first-order chi connectivity index (χ1) is 9.04. The lowest BCUT2D eigenvalue weighted by Crippen LogP contribution is -2.21. The lowest BCUT2D eigenvalue weighted by atomic mass is 10.2. The molecule has 3 N–H and O–H groups in total. The van der Waals surface area contributed by atoms with Crippen LogP contribution in [0.25, 0.3) is 0 Å². The van der Waals surface area contributed by atoms with Crippen LogP contribution in [0.3, 0.4) is 0 Å². The number of amides is 2. The Hall–Kier alpha value is -2.15. The van der Waals surface area contributed by atoms with Crippen molar-refractivity contribution in [3.8, 4) is 0 Å². The van der Waals surface area contributed by atoms with Crippen molar-refractivity contribution in [3.63, 3.8) is 0 Å². The number of urea groups is 1. The van der Waals surface area contributed by atoms with Crippen LogP contribution in [0, 0.1) is 6.92 Å². The number of benzene rings is 1. The Labute approximate surface area is 117 Å². The number of hydrogen-bond acceptors (Lipinski definition) is 3. The Kier molecular flexibility index (Phi) is 3.96. The number of carbonyl (C=O) groups is 1. The molecule has 2 rings (SSSR count). The topological polar surface area (TPSA) is 86.9 Å². The monoisotopic (exact) mass is 322 g/mol. The lowest BCUT2D eigenvalue weighted by molar-refractivity contribution is 0.262. The normalized spacial score (nSPS) is 10.0. The van der Waals surface area contributed by atoms with Gasteiger partial charge < -0.3 is 5.32 Å². The largest absolute Gasteiger partial charge is 0.324 e. The smallest absolute Gasteiger partial charge is 0.308 e. The Morgan fingerprint density at radius 2 is 2.05 bits per heavy atom. The van der Waals surface area contributed by atoms with Crippen molar-refractivity contribution < 1.29 is 4.79 Å². The maximum atomic E-state index is 11.7. The van der Waals surface area contributed by atoms with Crippen LogP contribution in [0.15, 0.2) is 39.6 Å². The Morgan fingerprint density at radius 1 is 1.26 bits per heavy atom. The number of hydrogen-bond donors (Lipinski definition) is 3. The number of carbonyl (C=O) groups excluding carboxylic acids is 1. The van der Waals surface area contributed by atoms with Gasteiger partial charge >= 0.3 is 6.03 Å². The van der Waals surface area contributed by atoms with Crippen molar-refractivity contribution in [3.05, 3.63) is 50.7 Å². The van der Waals surface area contributed by atoms with E-state index in [1.165, 1.54) is 12.1 Å². The van der Waals surface area contributed by atoms with Gasteiger partial charge in [0.05, 0.1) is 0 Å². The van der Waals surface area contributed by atoms with Crippen LogP contribution < -0.4 is 16.2 Å². The number of rotatable bonds is 2. The van der Waals surface area contributed by atoms with E-state index in [1.807, 2.05) is 19.1 Å². The minimum atomic E-state index is -0.429. The van der Waals surface area contributed by atoms with E-state index in [0.717, 1.165) is 10.0 Å². The summed E-state index contributed by atoms with van der Waals surface area (Å²) >= 11 is 3.38. The number of aryl methyl sites for hydroxylation is 1. The highest BCUT2D eigenvalue weighted by molar-refractivity contribution is 9.10. The van der Waals surface area contributed by atoms with Crippen molar-refractivity contribution in [2.45, 2.75) is 6.92 Å². The molecule has 0 fully saturated rings. The second-order valence-electron chi connectivity index (χ2n) is 3.85. The highest BCUT2D eigenvalue weighted by Crippen LogP contribution is 2.20. The van der Waals surface area contributed by atoms with Crippen molar-refractivity contribution in [1.82, 2.24) is 10.2 Å². The maximum absolute atomic E-state index is 11.7. The second-order valence-corrected chi connectivity index (χ2v) is 4.70. The zero-order valence-corrected chi connectivity index (χ0v) is 11.6. The molecular formula is C12H11BrN4O2. The molecule has 1 heterocycles. The van der Waals surface area contributed by atoms with Crippen molar-refractivity contribution in [2.24, 2.45) is 0 Å². The molecule has 1 aromatic heterocycles. The van der Waals surface area contributed by atoms with Gasteiger partial charge in [0.1, 0.15) is 0 Å². The number of anilines is 2. The minimum absolute atomic E-state index is 0.269. The van der Waals surface area contributed by atoms with E-state index in [0.29, 0.717) is 5.69 Å². The molecule has 7 heteroatoms. The summed E-state index contributed by atoms with van der Waals surface area (Å²) in [6, 6.07) is 7.74. The van der Waals surface area contributed by atoms with Crippen LogP contribution in [-0.2, 0) is 0 Å². The first kappa shape index (κ1) is 13.3. The number of aromatic amines is 1. The molecule has 0 radical (unpaired) electrons. The predicted molar refractivity (Wildman–Crippen MR) is 76.4 cm³/mol. The zero-order chi connectivity index (χ0) is 13.8. The van der Waals surface area contributed by atoms with E-state index < -0.39 is 6.03 Å². The molecule has 1 aromatic carbocycles. The Bertz CT molecular complexity index is 649. The van der Waals surface area contributed by atoms with Gasteiger partial charge in [-0.2, -0.15) is 5.10 Å². The van der Waals surface area contributed by atoms with E-state index in [-0.39, 0.29) is 11.4 Å². The number of halogens is 1. The highest BCUT2D eigenvalue weighted by Gasteiger charge is 2.04. The molecule has 0 saturated heterocycles. The molecule has 0 unspecified atom stereocenters. The Balaban J connectivity index is 2.03. The van der Waals surface area contributed by atoms with Gasteiger partial charge in [-0.25, -0.2) is 9.89 Å². The molecule has 0 aliphatic heterocycles. The fourth-order valence-corrected chi connectivity index (χ4v) is 1.66. The fraction of sp³-hybridized carbons (Fsp3) is 0.0833. The average molecular weight is 323 g/mol. The first-order valence-corrected chi connectivity index (χ1v) is 6.24. The third kappa shape index (κ3) is 3.65. The summed E-state index contributed by atoms with van der Waals surface area (Å²) in [5.41, 5.74) is 1.36. The molecule has 0 bridgehead atoms. The standard InChI is InChI=1S/C12H11BrN4O2/c1-7-6-8(2-3-9(7)13)14-12(19)15-10-4-5-11(18)17-16-10/h2-6H,1H3,(H,17,18)(H2,14,15,16,19). The molecule has 98 valence electrons. The molecule has 2 aromatic rings. The third-order valence-corrected chi connectivity index (χ3v) is 3.23. The molecule has 6 nitrogen and oxygen atoms in total. The minimum Gasteiger partial charge on any atom is -0.308 e. The molecule has 0 aliphatic rings. The fourth-order valence-electron chi connectivity index (χ4n) is 1.42. The van der Waals surface area contributed by atoms with Gasteiger partial charge in [0.2, 0.25) is 0 Å². The van der Waals surface area contributed by atoms with Crippen LogP contribution >= 0.6 is 15.9 Å². The highest BCUT2D eigenvalue weighted by atomic mass is 79.9. The van der Waals surface area contributed by atoms with E-state index in [9.17, 15) is 9.59 Å². The maximum Gasteiger partial charge on any atom is 0.324 e. The number of H-pyrrole nitrogens is 1. The second kappa shape index (κ2) is 5.66. The van der Waals surface area contributed by atoms with E-state index in [4.69, 9.17) is 0 Å². The van der Waals surface area contributed by atoms with E-state index in [1.54, 1.807) is 6.07 Å². The number of nitrogens with zero attached hydrogens (tertiary/aromatic N) is 1. The van der Waals surface area contributed by atoms with Gasteiger partial charge in [0.25, 0.3) is 5.56 Å². The van der Waals surface area contributed by atoms with Crippen LogP contribution in [0.5, 0.6) is 0 Å². The quantitative estimate of drug-likeness (QED) is 0.793.